The van der Waals surface area contributed by atoms with Gasteiger partial charge in [-0.3, -0.25) is 0 Å². The molecule has 0 atom stereocenters. The second-order valence-electron chi connectivity index (χ2n) is 3.96. The minimum Gasteiger partial charge on any atom is -0.496 e. The summed E-state index contributed by atoms with van der Waals surface area (Å²) in [6.07, 6.45) is 0. The Morgan fingerprint density at radius 2 is 2.10 bits per heavy atom. The number of halogens is 1. The molecule has 4 N–H and O–H groups in total. The van der Waals surface area contributed by atoms with Crippen LogP contribution >= 0.6 is 11.6 Å². The number of anilines is 2. The summed E-state index contributed by atoms with van der Waals surface area (Å²) in [7, 11) is 1.56. The molecule has 6 nitrogen and oxygen atoms in total. The van der Waals surface area contributed by atoms with Gasteiger partial charge in [-0.25, -0.2) is 4.98 Å². The predicted molar refractivity (Wildman–Crippen MR) is 77.1 cm³/mol. The highest BCUT2D eigenvalue weighted by Gasteiger charge is 2.14. The number of nitrogens with zero attached hydrogens (tertiary/aromatic N) is 3. The zero-order valence-corrected chi connectivity index (χ0v) is 11.5. The van der Waals surface area contributed by atoms with Gasteiger partial charge in [0.1, 0.15) is 23.2 Å². The maximum atomic E-state index is 9.18. The van der Waals surface area contributed by atoms with Crippen LogP contribution < -0.4 is 16.2 Å². The molecule has 20 heavy (non-hydrogen) atoms. The van der Waals surface area contributed by atoms with Crippen molar-refractivity contribution in [2.24, 2.45) is 0 Å². The predicted octanol–water partition coefficient (Wildman–Crippen LogP) is 1.93. The van der Waals surface area contributed by atoms with Gasteiger partial charge in [0.05, 0.1) is 18.7 Å². The second-order valence-corrected chi connectivity index (χ2v) is 4.23. The number of ether oxygens (including phenoxy) is 1. The molecule has 0 amide bonds. The summed E-state index contributed by atoms with van der Waals surface area (Å²) in [5.41, 5.74) is 13.3. The van der Waals surface area contributed by atoms with E-state index >= 15 is 0 Å². The summed E-state index contributed by atoms with van der Waals surface area (Å²) in [5, 5.41) is 9.18. The van der Waals surface area contributed by atoms with Gasteiger partial charge in [-0.05, 0) is 18.2 Å². The molecule has 0 bridgehead atoms. The molecule has 0 spiro atoms. The first-order valence-corrected chi connectivity index (χ1v) is 6.20. The molecule has 0 saturated carbocycles. The van der Waals surface area contributed by atoms with Crippen LogP contribution in [0.15, 0.2) is 18.2 Å². The summed E-state index contributed by atoms with van der Waals surface area (Å²) < 4.78 is 5.20. The van der Waals surface area contributed by atoms with Gasteiger partial charge < -0.3 is 16.2 Å². The van der Waals surface area contributed by atoms with E-state index in [0.717, 1.165) is 5.56 Å². The molecule has 0 aliphatic carbocycles. The Hall–Kier alpha value is -2.52. The van der Waals surface area contributed by atoms with E-state index in [2.05, 4.69) is 9.97 Å². The Morgan fingerprint density at radius 3 is 2.70 bits per heavy atom. The topological polar surface area (TPSA) is 111 Å². The van der Waals surface area contributed by atoms with Crippen molar-refractivity contribution in [3.63, 3.8) is 0 Å². The van der Waals surface area contributed by atoms with E-state index in [0.29, 0.717) is 17.0 Å². The maximum absolute atomic E-state index is 9.18. The highest BCUT2D eigenvalue weighted by Crippen LogP contribution is 2.30. The Labute approximate surface area is 121 Å². The van der Waals surface area contributed by atoms with E-state index in [1.165, 1.54) is 0 Å². The fourth-order valence-corrected chi connectivity index (χ4v) is 2.05. The number of hydrogen-bond acceptors (Lipinski definition) is 6. The molecular weight excluding hydrogens is 278 g/mol. The lowest BCUT2D eigenvalue weighted by Gasteiger charge is -2.10. The summed E-state index contributed by atoms with van der Waals surface area (Å²) in [6.45, 7) is 0. The summed E-state index contributed by atoms with van der Waals surface area (Å²) in [4.78, 5) is 7.86. The first kappa shape index (κ1) is 13.9. The average Bonchev–Trinajstić information content (AvgIpc) is 2.45. The van der Waals surface area contributed by atoms with Gasteiger partial charge in [-0.2, -0.15) is 10.2 Å². The molecule has 102 valence electrons. The number of hydrogen-bond donors (Lipinski definition) is 2. The third-order valence-corrected chi connectivity index (χ3v) is 3.05. The minimum absolute atomic E-state index is 0.0136. The lowest BCUT2D eigenvalue weighted by molar-refractivity contribution is 0.411. The van der Waals surface area contributed by atoms with Crippen LogP contribution in [0.3, 0.4) is 0 Å². The maximum Gasteiger partial charge on any atom is 0.222 e. The van der Waals surface area contributed by atoms with Gasteiger partial charge in [0, 0.05) is 11.1 Å². The van der Waals surface area contributed by atoms with Crippen LogP contribution in [0.1, 0.15) is 11.1 Å². The molecule has 2 rings (SSSR count). The number of nitrogens with two attached hydrogens (primary N) is 2. The molecule has 1 aromatic heterocycles. The lowest BCUT2D eigenvalue weighted by Crippen LogP contribution is -2.05. The summed E-state index contributed by atoms with van der Waals surface area (Å²) in [6, 6.07) is 7.28. The summed E-state index contributed by atoms with van der Waals surface area (Å²) >= 11 is 5.88. The molecule has 0 radical (unpaired) electrons. The fraction of sp³-hybridized carbons (Fsp3) is 0.154. The number of nitrogen functional groups attached to an aromatic ring is 2. The first-order chi connectivity index (χ1) is 9.60. The van der Waals surface area contributed by atoms with Crippen molar-refractivity contribution in [2.45, 2.75) is 5.88 Å². The normalized spacial score (nSPS) is 10.1. The van der Waals surface area contributed by atoms with Crippen molar-refractivity contribution in [1.29, 1.82) is 5.26 Å². The van der Waals surface area contributed by atoms with Crippen molar-refractivity contribution < 1.29 is 4.74 Å². The first-order valence-electron chi connectivity index (χ1n) is 5.67. The number of alkyl halides is 1. The number of nitriles is 1. The third kappa shape index (κ3) is 2.44. The van der Waals surface area contributed by atoms with Gasteiger partial charge >= 0.3 is 0 Å². The second kappa shape index (κ2) is 5.63. The van der Waals surface area contributed by atoms with Gasteiger partial charge in [-0.1, -0.05) is 0 Å². The van der Waals surface area contributed by atoms with Gasteiger partial charge in [0.25, 0.3) is 0 Å². The van der Waals surface area contributed by atoms with Crippen molar-refractivity contribution in [2.75, 3.05) is 18.6 Å². The molecule has 1 heterocycles. The SMILES string of the molecule is COc1ccc(-c2nc(N)nc(N)c2C#N)cc1CCl. The largest absolute Gasteiger partial charge is 0.496 e. The van der Waals surface area contributed by atoms with E-state index in [-0.39, 0.29) is 23.2 Å². The van der Waals surface area contributed by atoms with Crippen molar-refractivity contribution in [3.05, 3.63) is 29.3 Å². The van der Waals surface area contributed by atoms with Crippen molar-refractivity contribution >= 4 is 23.4 Å². The van der Waals surface area contributed by atoms with Crippen LogP contribution in [-0.2, 0) is 5.88 Å². The monoisotopic (exact) mass is 289 g/mol. The number of methoxy groups -OCH3 is 1. The fourth-order valence-electron chi connectivity index (χ4n) is 1.85. The smallest absolute Gasteiger partial charge is 0.222 e. The number of aromatic nitrogens is 2. The van der Waals surface area contributed by atoms with Gasteiger partial charge in [-0.15, -0.1) is 11.6 Å². The molecule has 0 unspecified atom stereocenters. The van der Waals surface area contributed by atoms with Crippen LogP contribution in [0.5, 0.6) is 5.75 Å². The van der Waals surface area contributed by atoms with Crippen molar-refractivity contribution in [1.82, 2.24) is 9.97 Å². The Balaban J connectivity index is 2.66. The highest BCUT2D eigenvalue weighted by molar-refractivity contribution is 6.17. The zero-order valence-electron chi connectivity index (χ0n) is 10.7. The van der Waals surface area contributed by atoms with Crippen LogP contribution in [-0.4, -0.2) is 17.1 Å². The standard InChI is InChI=1S/C13H12ClN5O/c1-20-10-3-2-7(4-8(10)5-14)11-9(6-15)12(16)19-13(17)18-11/h2-4H,5H2,1H3,(H4,16,17,18,19). The Bertz CT molecular complexity index is 696. The van der Waals surface area contributed by atoms with E-state index in [4.69, 9.17) is 27.8 Å². The molecule has 0 aliphatic rings. The van der Waals surface area contributed by atoms with Crippen LogP contribution in [0.25, 0.3) is 11.3 Å². The van der Waals surface area contributed by atoms with E-state index < -0.39 is 0 Å². The third-order valence-electron chi connectivity index (χ3n) is 2.76. The molecule has 2 aromatic rings. The van der Waals surface area contributed by atoms with E-state index in [1.807, 2.05) is 6.07 Å². The Kier molecular flexibility index (Phi) is 3.91. The van der Waals surface area contributed by atoms with Gasteiger partial charge in [0.2, 0.25) is 5.95 Å². The molecule has 0 saturated heterocycles. The molecular formula is C13H12ClN5O. The highest BCUT2D eigenvalue weighted by atomic mass is 35.5. The van der Waals surface area contributed by atoms with Crippen LogP contribution in [0.2, 0.25) is 0 Å². The molecule has 1 aromatic carbocycles. The Morgan fingerprint density at radius 1 is 1.35 bits per heavy atom. The lowest BCUT2D eigenvalue weighted by atomic mass is 10.0. The molecule has 0 aliphatic heterocycles. The van der Waals surface area contributed by atoms with Crippen LogP contribution in [0.4, 0.5) is 11.8 Å². The van der Waals surface area contributed by atoms with E-state index in [1.54, 1.807) is 25.3 Å². The van der Waals surface area contributed by atoms with E-state index in [9.17, 15) is 5.26 Å². The average molecular weight is 290 g/mol. The summed E-state index contributed by atoms with van der Waals surface area (Å²) in [5.74, 6) is 1.00. The number of rotatable bonds is 3. The minimum atomic E-state index is 0.0136. The van der Waals surface area contributed by atoms with Gasteiger partial charge in [0.15, 0.2) is 0 Å². The zero-order chi connectivity index (χ0) is 14.7. The molecule has 0 fully saturated rings. The quantitative estimate of drug-likeness (QED) is 0.835. The number of benzene rings is 1. The van der Waals surface area contributed by atoms with Crippen LogP contribution in [0, 0.1) is 11.3 Å². The van der Waals surface area contributed by atoms with Crippen molar-refractivity contribution in [3.8, 4) is 23.1 Å². The molecule has 7 heteroatoms.